The number of hydrogen-bond donors (Lipinski definition) is 2. The molecule has 2 N–H and O–H groups in total. The van der Waals surface area contributed by atoms with Gasteiger partial charge in [0.05, 0.1) is 4.90 Å². The van der Waals surface area contributed by atoms with Crippen molar-refractivity contribution in [3.8, 4) is 0 Å². The molecule has 0 aliphatic heterocycles. The van der Waals surface area contributed by atoms with Crippen molar-refractivity contribution in [3.05, 3.63) is 63.9 Å². The van der Waals surface area contributed by atoms with Crippen LogP contribution in [0.3, 0.4) is 0 Å². The largest absolute Gasteiger partial charge is 0.356 e. The van der Waals surface area contributed by atoms with Crippen LogP contribution in [0.5, 0.6) is 0 Å². The number of guanidine groups is 1. The molecule has 2 rings (SSSR count). The Hall–Kier alpha value is -2.12. The molecule has 0 bridgehead atoms. The molecule has 0 atom stereocenters. The molecule has 0 saturated carbocycles. The zero-order valence-corrected chi connectivity index (χ0v) is 17.1. The minimum Gasteiger partial charge on any atom is -0.356 e. The molecule has 0 amide bonds. The predicted molar refractivity (Wildman–Crippen MR) is 108 cm³/mol. The van der Waals surface area contributed by atoms with E-state index in [0.29, 0.717) is 46.5 Å². The summed E-state index contributed by atoms with van der Waals surface area (Å²) < 4.78 is 37.1. The molecule has 2 aromatic rings. The highest BCUT2D eigenvalue weighted by Crippen LogP contribution is 2.19. The summed E-state index contributed by atoms with van der Waals surface area (Å²) in [6.45, 7) is 2.71. The van der Waals surface area contributed by atoms with Crippen molar-refractivity contribution in [2.75, 3.05) is 19.8 Å². The average molecular weight is 412 g/mol. The van der Waals surface area contributed by atoms with Crippen LogP contribution in [0.15, 0.2) is 46.3 Å². The quantitative estimate of drug-likeness (QED) is 0.566. The van der Waals surface area contributed by atoms with Gasteiger partial charge in [-0.1, -0.05) is 29.8 Å². The molecule has 0 aromatic heterocycles. The van der Waals surface area contributed by atoms with Crippen molar-refractivity contribution in [1.29, 1.82) is 0 Å². The monoisotopic (exact) mass is 411 g/mol. The third-order valence-corrected chi connectivity index (χ3v) is 5.66. The maximum absolute atomic E-state index is 13.8. The molecular formula is C19H23ClFN3O2S. The number of aryl methyl sites for hydroxylation is 1. The SMILES string of the molecule is CN=C(NCCc1c(F)cccc1Cl)NCc1ccc(S(C)(=O)=O)c(C)c1. The number of benzene rings is 2. The summed E-state index contributed by atoms with van der Waals surface area (Å²) in [5, 5.41) is 6.66. The van der Waals surface area contributed by atoms with Crippen molar-refractivity contribution >= 4 is 27.4 Å². The van der Waals surface area contributed by atoms with E-state index in [4.69, 9.17) is 11.6 Å². The topological polar surface area (TPSA) is 70.6 Å². The van der Waals surface area contributed by atoms with Gasteiger partial charge in [-0.05, 0) is 42.7 Å². The summed E-state index contributed by atoms with van der Waals surface area (Å²) in [6, 6.07) is 9.83. The van der Waals surface area contributed by atoms with E-state index in [-0.39, 0.29) is 5.82 Å². The second-order valence-electron chi connectivity index (χ2n) is 6.17. The van der Waals surface area contributed by atoms with Crippen LogP contribution in [0.25, 0.3) is 0 Å². The average Bonchev–Trinajstić information content (AvgIpc) is 2.59. The van der Waals surface area contributed by atoms with Gasteiger partial charge in [0, 0.05) is 37.0 Å². The smallest absolute Gasteiger partial charge is 0.191 e. The molecule has 2 aromatic carbocycles. The van der Waals surface area contributed by atoms with Crippen LogP contribution in [0.1, 0.15) is 16.7 Å². The molecule has 0 aliphatic rings. The summed E-state index contributed by atoms with van der Waals surface area (Å²) >= 11 is 6.02. The zero-order chi connectivity index (χ0) is 20.0. The maximum Gasteiger partial charge on any atom is 0.191 e. The van der Waals surface area contributed by atoms with Gasteiger partial charge in [0.1, 0.15) is 5.82 Å². The third kappa shape index (κ3) is 5.94. The van der Waals surface area contributed by atoms with Crippen molar-refractivity contribution in [2.45, 2.75) is 24.8 Å². The third-order valence-electron chi connectivity index (χ3n) is 4.05. The van der Waals surface area contributed by atoms with Gasteiger partial charge in [-0.3, -0.25) is 4.99 Å². The highest BCUT2D eigenvalue weighted by Gasteiger charge is 2.11. The van der Waals surface area contributed by atoms with Gasteiger partial charge in [-0.15, -0.1) is 0 Å². The van der Waals surface area contributed by atoms with E-state index in [1.807, 2.05) is 6.07 Å². The fraction of sp³-hybridized carbons (Fsp3) is 0.316. The Morgan fingerprint density at radius 1 is 1.22 bits per heavy atom. The number of sulfone groups is 1. The van der Waals surface area contributed by atoms with E-state index in [9.17, 15) is 12.8 Å². The minimum atomic E-state index is -3.23. The summed E-state index contributed by atoms with van der Waals surface area (Å²) in [6.07, 6.45) is 1.62. The van der Waals surface area contributed by atoms with Crippen LogP contribution in [0, 0.1) is 12.7 Å². The lowest BCUT2D eigenvalue weighted by molar-refractivity contribution is 0.601. The Kier molecular flexibility index (Phi) is 7.21. The summed E-state index contributed by atoms with van der Waals surface area (Å²) in [5.41, 5.74) is 2.10. The second-order valence-corrected chi connectivity index (χ2v) is 8.57. The number of aliphatic imine (C=N–C) groups is 1. The molecule has 27 heavy (non-hydrogen) atoms. The number of hydrogen-bond acceptors (Lipinski definition) is 3. The van der Waals surface area contributed by atoms with Crippen LogP contribution in [0.2, 0.25) is 5.02 Å². The minimum absolute atomic E-state index is 0.325. The van der Waals surface area contributed by atoms with E-state index in [1.54, 1.807) is 38.2 Å². The van der Waals surface area contributed by atoms with Gasteiger partial charge in [0.2, 0.25) is 0 Å². The van der Waals surface area contributed by atoms with E-state index in [2.05, 4.69) is 15.6 Å². The highest BCUT2D eigenvalue weighted by molar-refractivity contribution is 7.90. The number of nitrogens with zero attached hydrogens (tertiary/aromatic N) is 1. The van der Waals surface area contributed by atoms with Crippen LogP contribution in [-0.2, 0) is 22.8 Å². The van der Waals surface area contributed by atoms with Gasteiger partial charge in [0.15, 0.2) is 15.8 Å². The van der Waals surface area contributed by atoms with Crippen molar-refractivity contribution in [1.82, 2.24) is 10.6 Å². The lowest BCUT2D eigenvalue weighted by atomic mass is 10.1. The van der Waals surface area contributed by atoms with E-state index in [0.717, 1.165) is 5.56 Å². The van der Waals surface area contributed by atoms with Crippen LogP contribution in [0.4, 0.5) is 4.39 Å². The standard InChI is InChI=1S/C19H23ClFN3O2S/c1-13-11-14(7-8-18(13)27(3,25)26)12-24-19(22-2)23-10-9-15-16(20)5-4-6-17(15)21/h4-8,11H,9-10,12H2,1-3H3,(H2,22,23,24). The molecule has 146 valence electrons. The predicted octanol–water partition coefficient (Wildman–Crippen LogP) is 3.10. The molecule has 8 heteroatoms. The fourth-order valence-corrected chi connectivity index (χ4v) is 3.94. The number of nitrogens with one attached hydrogen (secondary N) is 2. The van der Waals surface area contributed by atoms with E-state index < -0.39 is 9.84 Å². The number of rotatable bonds is 6. The summed E-state index contributed by atoms with van der Waals surface area (Å²) in [4.78, 5) is 4.46. The Bertz CT molecular complexity index is 926. The van der Waals surface area contributed by atoms with Gasteiger partial charge in [0.25, 0.3) is 0 Å². The molecule has 0 fully saturated rings. The Balaban J connectivity index is 1.92. The van der Waals surface area contributed by atoms with Gasteiger partial charge < -0.3 is 10.6 Å². The van der Waals surface area contributed by atoms with Crippen LogP contribution < -0.4 is 10.6 Å². The Morgan fingerprint density at radius 3 is 2.56 bits per heavy atom. The maximum atomic E-state index is 13.8. The molecule has 0 spiro atoms. The first-order chi connectivity index (χ1) is 12.7. The van der Waals surface area contributed by atoms with Crippen LogP contribution >= 0.6 is 11.6 Å². The summed E-state index contributed by atoms with van der Waals surface area (Å²) in [7, 11) is -1.59. The number of halogens is 2. The Labute approximate surface area is 164 Å². The first kappa shape index (κ1) is 21.2. The molecule has 0 unspecified atom stereocenters. The zero-order valence-electron chi connectivity index (χ0n) is 15.5. The lowest BCUT2D eigenvalue weighted by Crippen LogP contribution is -2.38. The van der Waals surface area contributed by atoms with Crippen molar-refractivity contribution in [2.24, 2.45) is 4.99 Å². The van der Waals surface area contributed by atoms with Crippen molar-refractivity contribution in [3.63, 3.8) is 0 Å². The molecule has 0 aliphatic carbocycles. The molecule has 0 heterocycles. The van der Waals surface area contributed by atoms with Gasteiger partial charge >= 0.3 is 0 Å². The first-order valence-electron chi connectivity index (χ1n) is 8.39. The normalized spacial score (nSPS) is 12.1. The fourth-order valence-electron chi connectivity index (χ4n) is 2.72. The van der Waals surface area contributed by atoms with Gasteiger partial charge in [-0.2, -0.15) is 0 Å². The molecule has 0 saturated heterocycles. The lowest BCUT2D eigenvalue weighted by Gasteiger charge is -2.13. The molecular weight excluding hydrogens is 389 g/mol. The molecule has 0 radical (unpaired) electrons. The van der Waals surface area contributed by atoms with Gasteiger partial charge in [-0.25, -0.2) is 12.8 Å². The van der Waals surface area contributed by atoms with E-state index in [1.165, 1.54) is 12.3 Å². The van der Waals surface area contributed by atoms with Crippen molar-refractivity contribution < 1.29 is 12.8 Å². The molecule has 5 nitrogen and oxygen atoms in total. The second kappa shape index (κ2) is 9.19. The first-order valence-corrected chi connectivity index (χ1v) is 10.7. The van der Waals surface area contributed by atoms with Crippen LogP contribution in [-0.4, -0.2) is 34.2 Å². The Morgan fingerprint density at radius 2 is 1.96 bits per heavy atom. The highest BCUT2D eigenvalue weighted by atomic mass is 35.5. The summed E-state index contributed by atoms with van der Waals surface area (Å²) in [5.74, 6) is 0.237. The van der Waals surface area contributed by atoms with E-state index >= 15 is 0 Å².